The SMILES string of the molecule is Cc1nnc(CN(C)[C@@H]2CCCN(c3ccccc3)C2)o1. The Morgan fingerprint density at radius 2 is 2.10 bits per heavy atom. The van der Waals surface area contributed by atoms with E-state index >= 15 is 0 Å². The molecule has 1 fully saturated rings. The second kappa shape index (κ2) is 6.26. The lowest BCUT2D eigenvalue weighted by Crippen LogP contribution is -2.46. The summed E-state index contributed by atoms with van der Waals surface area (Å²) in [7, 11) is 2.14. The maximum Gasteiger partial charge on any atom is 0.230 e. The van der Waals surface area contributed by atoms with Crippen molar-refractivity contribution in [1.29, 1.82) is 0 Å². The molecule has 0 radical (unpaired) electrons. The van der Waals surface area contributed by atoms with Gasteiger partial charge in [-0.15, -0.1) is 10.2 Å². The van der Waals surface area contributed by atoms with Gasteiger partial charge in [0, 0.05) is 31.7 Å². The van der Waals surface area contributed by atoms with E-state index in [4.69, 9.17) is 4.42 Å². The molecule has 1 aromatic heterocycles. The van der Waals surface area contributed by atoms with E-state index in [1.54, 1.807) is 0 Å². The summed E-state index contributed by atoms with van der Waals surface area (Å²) in [6.45, 7) is 4.73. The normalized spacial score (nSPS) is 19.2. The first-order valence-corrected chi connectivity index (χ1v) is 7.51. The Bertz CT molecular complexity index is 569. The number of nitrogens with zero attached hydrogens (tertiary/aromatic N) is 4. The minimum Gasteiger partial charge on any atom is -0.424 e. The van der Waals surface area contributed by atoms with E-state index in [1.807, 2.05) is 6.92 Å². The van der Waals surface area contributed by atoms with Crippen LogP contribution in [0.1, 0.15) is 24.6 Å². The lowest BCUT2D eigenvalue weighted by atomic mass is 10.0. The summed E-state index contributed by atoms with van der Waals surface area (Å²) in [6, 6.07) is 11.2. The highest BCUT2D eigenvalue weighted by molar-refractivity contribution is 5.46. The van der Waals surface area contributed by atoms with Crippen LogP contribution in [0.4, 0.5) is 5.69 Å². The van der Waals surface area contributed by atoms with E-state index in [1.165, 1.54) is 18.5 Å². The summed E-state index contributed by atoms with van der Waals surface area (Å²) < 4.78 is 5.48. The third kappa shape index (κ3) is 3.42. The quantitative estimate of drug-likeness (QED) is 0.864. The number of para-hydroxylation sites is 1. The van der Waals surface area contributed by atoms with E-state index < -0.39 is 0 Å². The average molecular weight is 286 g/mol. The largest absolute Gasteiger partial charge is 0.424 e. The number of aromatic nitrogens is 2. The minimum absolute atomic E-state index is 0.520. The molecular weight excluding hydrogens is 264 g/mol. The van der Waals surface area contributed by atoms with Crippen LogP contribution in [0.2, 0.25) is 0 Å². The first-order valence-electron chi connectivity index (χ1n) is 7.51. The number of anilines is 1. The predicted molar refractivity (Wildman–Crippen MR) is 82.2 cm³/mol. The second-order valence-corrected chi connectivity index (χ2v) is 5.71. The Hall–Kier alpha value is -1.88. The molecule has 0 amide bonds. The Morgan fingerprint density at radius 3 is 2.81 bits per heavy atom. The molecule has 3 rings (SSSR count). The summed E-state index contributed by atoms with van der Waals surface area (Å²) in [4.78, 5) is 4.78. The summed E-state index contributed by atoms with van der Waals surface area (Å²) >= 11 is 0. The number of benzene rings is 1. The molecule has 0 aliphatic carbocycles. The lowest BCUT2D eigenvalue weighted by Gasteiger charge is -2.38. The molecule has 5 heteroatoms. The van der Waals surface area contributed by atoms with Gasteiger partial charge in [0.15, 0.2) is 0 Å². The Labute approximate surface area is 125 Å². The molecular formula is C16H22N4O. The molecule has 0 bridgehead atoms. The van der Waals surface area contributed by atoms with Gasteiger partial charge in [0.25, 0.3) is 0 Å². The highest BCUT2D eigenvalue weighted by atomic mass is 16.4. The fraction of sp³-hybridized carbons (Fsp3) is 0.500. The van der Waals surface area contributed by atoms with Crippen molar-refractivity contribution < 1.29 is 4.42 Å². The number of piperidine rings is 1. The molecule has 1 atom stereocenters. The third-order valence-corrected chi connectivity index (χ3v) is 4.09. The smallest absolute Gasteiger partial charge is 0.230 e. The van der Waals surface area contributed by atoms with Crippen LogP contribution in [-0.4, -0.2) is 41.3 Å². The Kier molecular flexibility index (Phi) is 4.20. The van der Waals surface area contributed by atoms with Gasteiger partial charge in [-0.3, -0.25) is 4.90 Å². The van der Waals surface area contributed by atoms with Gasteiger partial charge < -0.3 is 9.32 Å². The summed E-state index contributed by atoms with van der Waals surface area (Å²) in [6.07, 6.45) is 2.43. The number of rotatable bonds is 4. The van der Waals surface area contributed by atoms with Crippen LogP contribution in [0.5, 0.6) is 0 Å². The number of hydrogen-bond donors (Lipinski definition) is 0. The van der Waals surface area contributed by atoms with E-state index in [9.17, 15) is 0 Å². The molecule has 112 valence electrons. The fourth-order valence-electron chi connectivity index (χ4n) is 2.93. The second-order valence-electron chi connectivity index (χ2n) is 5.71. The van der Waals surface area contributed by atoms with Crippen molar-refractivity contribution in [3.63, 3.8) is 0 Å². The molecule has 2 heterocycles. The Morgan fingerprint density at radius 1 is 1.29 bits per heavy atom. The molecule has 2 aromatic rings. The number of aryl methyl sites for hydroxylation is 1. The highest BCUT2D eigenvalue weighted by Crippen LogP contribution is 2.22. The average Bonchev–Trinajstić information content (AvgIpc) is 2.93. The topological polar surface area (TPSA) is 45.4 Å². The maximum atomic E-state index is 5.48. The van der Waals surface area contributed by atoms with Gasteiger partial charge in [0.1, 0.15) is 0 Å². The van der Waals surface area contributed by atoms with E-state index in [-0.39, 0.29) is 0 Å². The van der Waals surface area contributed by atoms with Gasteiger partial charge in [-0.25, -0.2) is 0 Å². The zero-order chi connectivity index (χ0) is 14.7. The van der Waals surface area contributed by atoms with Crippen LogP contribution in [0, 0.1) is 6.92 Å². The summed E-state index contributed by atoms with van der Waals surface area (Å²) in [5.74, 6) is 1.33. The predicted octanol–water partition coefficient (Wildman–Crippen LogP) is 2.48. The van der Waals surface area contributed by atoms with Crippen LogP contribution < -0.4 is 4.90 Å². The molecule has 0 N–H and O–H groups in total. The molecule has 1 aliphatic rings. The lowest BCUT2D eigenvalue weighted by molar-refractivity contribution is 0.190. The first-order chi connectivity index (χ1) is 10.2. The van der Waals surface area contributed by atoms with E-state index in [2.05, 4.69) is 57.4 Å². The molecule has 1 aromatic carbocycles. The molecule has 0 spiro atoms. The number of likely N-dealkylation sites (N-methyl/N-ethyl adjacent to an activating group) is 1. The van der Waals surface area contributed by atoms with Gasteiger partial charge >= 0.3 is 0 Å². The highest BCUT2D eigenvalue weighted by Gasteiger charge is 2.24. The van der Waals surface area contributed by atoms with Crippen molar-refractivity contribution in [2.24, 2.45) is 0 Å². The van der Waals surface area contributed by atoms with Crippen LogP contribution in [-0.2, 0) is 6.54 Å². The fourth-order valence-corrected chi connectivity index (χ4v) is 2.93. The van der Waals surface area contributed by atoms with Crippen LogP contribution >= 0.6 is 0 Å². The van der Waals surface area contributed by atoms with Crippen molar-refractivity contribution in [3.8, 4) is 0 Å². The van der Waals surface area contributed by atoms with Gasteiger partial charge in [-0.05, 0) is 32.0 Å². The first kappa shape index (κ1) is 14.1. The summed E-state index contributed by atoms with van der Waals surface area (Å²) in [5.41, 5.74) is 1.31. The van der Waals surface area contributed by atoms with Crippen LogP contribution in [0.15, 0.2) is 34.7 Å². The van der Waals surface area contributed by atoms with Crippen molar-refractivity contribution in [2.75, 3.05) is 25.0 Å². The molecule has 5 nitrogen and oxygen atoms in total. The van der Waals surface area contributed by atoms with Gasteiger partial charge in [0.05, 0.1) is 6.54 Å². The summed E-state index contributed by atoms with van der Waals surface area (Å²) in [5, 5.41) is 7.98. The molecule has 1 saturated heterocycles. The zero-order valence-electron chi connectivity index (χ0n) is 12.7. The van der Waals surface area contributed by atoms with Crippen molar-refractivity contribution >= 4 is 5.69 Å². The monoisotopic (exact) mass is 286 g/mol. The van der Waals surface area contributed by atoms with Crippen LogP contribution in [0.25, 0.3) is 0 Å². The molecule has 1 aliphatic heterocycles. The minimum atomic E-state index is 0.520. The zero-order valence-corrected chi connectivity index (χ0v) is 12.7. The molecule has 21 heavy (non-hydrogen) atoms. The Balaban J connectivity index is 1.62. The standard InChI is InChI=1S/C16H22N4O/c1-13-17-18-16(21-13)12-19(2)15-9-6-10-20(11-15)14-7-4-3-5-8-14/h3-5,7-8,15H,6,9-12H2,1-2H3/t15-/m1/s1. The maximum absolute atomic E-state index is 5.48. The van der Waals surface area contributed by atoms with Crippen molar-refractivity contribution in [1.82, 2.24) is 15.1 Å². The molecule has 0 unspecified atom stereocenters. The number of hydrogen-bond acceptors (Lipinski definition) is 5. The third-order valence-electron chi connectivity index (χ3n) is 4.09. The van der Waals surface area contributed by atoms with Crippen molar-refractivity contribution in [2.45, 2.75) is 32.4 Å². The molecule has 0 saturated carbocycles. The van der Waals surface area contributed by atoms with Crippen molar-refractivity contribution in [3.05, 3.63) is 42.1 Å². The van der Waals surface area contributed by atoms with E-state index in [0.29, 0.717) is 24.4 Å². The van der Waals surface area contributed by atoms with Crippen LogP contribution in [0.3, 0.4) is 0 Å². The van der Waals surface area contributed by atoms with Gasteiger partial charge in [0.2, 0.25) is 11.8 Å². The van der Waals surface area contributed by atoms with Gasteiger partial charge in [-0.1, -0.05) is 18.2 Å². The van der Waals surface area contributed by atoms with E-state index in [0.717, 1.165) is 13.1 Å². The van der Waals surface area contributed by atoms with Gasteiger partial charge in [-0.2, -0.15) is 0 Å².